The molecule has 0 aliphatic carbocycles. The molecule has 0 heterocycles. The zero-order chi connectivity index (χ0) is 5.41. The molecule has 0 saturated carbocycles. The molecule has 0 aliphatic rings. The zero-order valence-electron chi connectivity index (χ0n) is 7.05. The van der Waals surface area contributed by atoms with Gasteiger partial charge in [0.05, 0.1) is 0 Å². The number of hydrogen-bond acceptors (Lipinski definition) is 0. The Kier molecular flexibility index (Phi) is 557. The van der Waals surface area contributed by atoms with Gasteiger partial charge in [-0.25, -0.2) is 0 Å². The van der Waals surface area contributed by atoms with Crippen molar-refractivity contribution in [1.29, 1.82) is 0 Å². The van der Waals surface area contributed by atoms with Crippen molar-refractivity contribution in [2.24, 2.45) is 0 Å². The van der Waals surface area contributed by atoms with Gasteiger partial charge in [-0.15, -0.1) is 0 Å². The van der Waals surface area contributed by atoms with Crippen LogP contribution >= 0.6 is 0 Å². The van der Waals surface area contributed by atoms with E-state index in [0.717, 1.165) is 12.8 Å². The third-order valence-corrected chi connectivity index (χ3v) is 0. The fourth-order valence-electron chi connectivity index (χ4n) is 0. The molecule has 0 amide bonds. The first-order chi connectivity index (χ1) is 2.83. The molecule has 0 bridgehead atoms. The topological polar surface area (TPSA) is 85.5 Å². The molecule has 5 heteroatoms. The van der Waals surface area contributed by atoms with Crippen molar-refractivity contribution < 1.29 is 59.9 Å². The summed E-state index contributed by atoms with van der Waals surface area (Å²) < 4.78 is 0. The predicted octanol–water partition coefficient (Wildman–Crippen LogP) is 2.10. The Hall–Kier alpha value is 1.31. The Morgan fingerprint density at radius 1 is 0.727 bits per heavy atom. The van der Waals surface area contributed by atoms with Crippen LogP contribution in [0.3, 0.4) is 0 Å². The van der Waals surface area contributed by atoms with Gasteiger partial charge in [0, 0.05) is 0 Å². The van der Waals surface area contributed by atoms with Crippen molar-refractivity contribution in [3.8, 4) is 0 Å². The molecule has 0 radical (unpaired) electrons. The van der Waals surface area contributed by atoms with E-state index in [2.05, 4.69) is 13.8 Å². The Balaban J connectivity index is -0.00000000400. The molecule has 0 atom stereocenters. The Morgan fingerprint density at radius 2 is 0.727 bits per heavy atom. The predicted molar refractivity (Wildman–Crippen MR) is 33.4 cm³/mol. The van der Waals surface area contributed by atoms with Gasteiger partial charge in [-0.05, 0) is 0 Å². The summed E-state index contributed by atoms with van der Waals surface area (Å²) in [6.45, 7) is 11.0. The molecule has 0 unspecified atom stereocenters. The van der Waals surface area contributed by atoms with Gasteiger partial charge in [-0.1, -0.05) is 13.8 Å². The minimum atomic E-state index is 0. The first kappa shape index (κ1) is 55.9. The van der Waals surface area contributed by atoms with Gasteiger partial charge in [0.2, 0.25) is 0 Å². The van der Waals surface area contributed by atoms with Crippen LogP contribution in [0.15, 0.2) is 0 Å². The Labute approximate surface area is 100 Å². The maximum absolute atomic E-state index is 3.49. The van der Waals surface area contributed by atoms with Crippen molar-refractivity contribution in [2.45, 2.75) is 26.7 Å². The molecular weight excluding hydrogens is 216 g/mol. The molecule has 0 N–H and O–H groups in total. The normalized spacial score (nSPS) is 3.27. The molecule has 0 fully saturated rings. The maximum atomic E-state index is 3.49. The molecule has 64 valence electrons. The molecule has 0 aromatic heterocycles. The van der Waals surface area contributed by atoms with E-state index in [1.54, 1.807) is 0 Å². The average Bonchev–Trinajstić information content (AvgIpc) is 1.39. The van der Waals surface area contributed by atoms with Gasteiger partial charge in [-0.3, -0.25) is 0 Å². The summed E-state index contributed by atoms with van der Waals surface area (Å²) >= 11 is 0. The second kappa shape index (κ2) is 110. The van der Waals surface area contributed by atoms with Crippen LogP contribution in [-0.2, 0) is 59.9 Å². The molecular formula is C6H14O3Ti2. The van der Waals surface area contributed by atoms with E-state index in [4.69, 9.17) is 0 Å². The van der Waals surface area contributed by atoms with Crippen LogP contribution in [0, 0.1) is 13.8 Å². The molecule has 0 aliphatic heterocycles. The minimum absolute atomic E-state index is 0. The van der Waals surface area contributed by atoms with Gasteiger partial charge in [0.15, 0.2) is 0 Å². The minimum Gasteiger partial charge on any atom is -2.00 e. The fourth-order valence-corrected chi connectivity index (χ4v) is 0. The molecule has 3 nitrogen and oxygen atoms in total. The molecule has 11 heavy (non-hydrogen) atoms. The Bertz CT molecular complexity index is 17.8. The van der Waals surface area contributed by atoms with Crippen LogP contribution < -0.4 is 0 Å². The van der Waals surface area contributed by atoms with Gasteiger partial charge in [-0.2, -0.15) is 12.8 Å². The largest absolute Gasteiger partial charge is 4.00 e. The molecule has 0 rings (SSSR count). The summed E-state index contributed by atoms with van der Waals surface area (Å²) in [6, 6.07) is 0. The van der Waals surface area contributed by atoms with Crippen LogP contribution in [0.4, 0.5) is 0 Å². The fraction of sp³-hybridized carbons (Fsp3) is 0.667. The molecule has 0 aromatic rings. The van der Waals surface area contributed by atoms with Crippen LogP contribution in [0.25, 0.3) is 0 Å². The van der Waals surface area contributed by atoms with E-state index in [9.17, 15) is 0 Å². The zero-order valence-corrected chi connectivity index (χ0v) is 10.2. The van der Waals surface area contributed by atoms with Crippen LogP contribution in [0.1, 0.15) is 26.7 Å². The van der Waals surface area contributed by atoms with E-state index >= 15 is 0 Å². The quantitative estimate of drug-likeness (QED) is 0.450. The van der Waals surface area contributed by atoms with Gasteiger partial charge < -0.3 is 30.3 Å². The SMILES string of the molecule is [CH2-]CC.[CH2-]CC.[O-2].[O-2].[O-2].[Ti+4].[Ti+4]. The average molecular weight is 230 g/mol. The molecule has 0 spiro atoms. The van der Waals surface area contributed by atoms with Crippen molar-refractivity contribution >= 4 is 0 Å². The first-order valence-corrected chi connectivity index (χ1v) is 2.41. The smallest absolute Gasteiger partial charge is 2.00 e. The maximum Gasteiger partial charge on any atom is 4.00 e. The van der Waals surface area contributed by atoms with E-state index < -0.39 is 0 Å². The van der Waals surface area contributed by atoms with E-state index in [-0.39, 0.29) is 59.9 Å². The Morgan fingerprint density at radius 3 is 0.727 bits per heavy atom. The van der Waals surface area contributed by atoms with Crippen molar-refractivity contribution in [1.82, 2.24) is 0 Å². The summed E-state index contributed by atoms with van der Waals surface area (Å²) in [4.78, 5) is 0. The van der Waals surface area contributed by atoms with Crippen LogP contribution in [0.2, 0.25) is 0 Å². The van der Waals surface area contributed by atoms with Gasteiger partial charge >= 0.3 is 43.4 Å². The van der Waals surface area contributed by atoms with Crippen molar-refractivity contribution in [2.75, 3.05) is 0 Å². The summed E-state index contributed by atoms with van der Waals surface area (Å²) in [6.07, 6.45) is 2.00. The van der Waals surface area contributed by atoms with Gasteiger partial charge in [0.25, 0.3) is 0 Å². The molecule has 0 aromatic carbocycles. The van der Waals surface area contributed by atoms with E-state index in [1.165, 1.54) is 0 Å². The summed E-state index contributed by atoms with van der Waals surface area (Å²) in [5.74, 6) is 0. The molecule has 0 saturated heterocycles. The first-order valence-electron chi connectivity index (χ1n) is 2.41. The van der Waals surface area contributed by atoms with Crippen molar-refractivity contribution in [3.05, 3.63) is 13.8 Å². The van der Waals surface area contributed by atoms with E-state index in [1.807, 2.05) is 13.8 Å². The monoisotopic (exact) mass is 230 g/mol. The summed E-state index contributed by atoms with van der Waals surface area (Å²) in [7, 11) is 0. The van der Waals surface area contributed by atoms with Crippen LogP contribution in [-0.4, -0.2) is 0 Å². The van der Waals surface area contributed by atoms with Gasteiger partial charge in [0.1, 0.15) is 0 Å². The number of hydrogen-bond donors (Lipinski definition) is 0. The third kappa shape index (κ3) is 572. The standard InChI is InChI=1S/2C3H7.3O.2Ti/c2*1-3-2;;;;;/h2*1,3H2,2H3;;;;;/q2*-1;3*-2;2*+4. The van der Waals surface area contributed by atoms with Crippen LogP contribution in [0.5, 0.6) is 0 Å². The summed E-state index contributed by atoms with van der Waals surface area (Å²) in [5, 5.41) is 0. The second-order valence-corrected chi connectivity index (χ2v) is 1.000. The van der Waals surface area contributed by atoms with E-state index in [0.29, 0.717) is 0 Å². The van der Waals surface area contributed by atoms with Crippen molar-refractivity contribution in [3.63, 3.8) is 0 Å². The number of rotatable bonds is 0. The second-order valence-electron chi connectivity index (χ2n) is 1.000. The summed E-state index contributed by atoms with van der Waals surface area (Å²) in [5.41, 5.74) is 0. The third-order valence-electron chi connectivity index (χ3n) is 0.